The van der Waals surface area contributed by atoms with Crippen LogP contribution < -0.4 is 5.73 Å². The zero-order valence-corrected chi connectivity index (χ0v) is 10.5. The second-order valence-electron chi connectivity index (χ2n) is 4.13. The Kier molecular flexibility index (Phi) is 4.52. The fraction of sp³-hybridized carbons (Fsp3) is 0.462. The summed E-state index contributed by atoms with van der Waals surface area (Å²) in [5.41, 5.74) is 8.46. The fourth-order valence-electron chi connectivity index (χ4n) is 1.59. The number of esters is 1. The second kappa shape index (κ2) is 5.68. The summed E-state index contributed by atoms with van der Waals surface area (Å²) in [7, 11) is 0. The molecule has 1 unspecified atom stereocenters. The Labute approximate surface area is 101 Å². The lowest BCUT2D eigenvalue weighted by atomic mass is 10.00. The molecule has 0 aliphatic rings. The van der Waals surface area contributed by atoms with Gasteiger partial charge in [-0.05, 0) is 43.5 Å². The van der Waals surface area contributed by atoms with Crippen LogP contribution in [0.4, 0.5) is 0 Å². The minimum Gasteiger partial charge on any atom is -0.508 e. The molecule has 0 heterocycles. The Morgan fingerprint density at radius 2 is 2.00 bits per heavy atom. The van der Waals surface area contributed by atoms with Crippen LogP contribution in [0.1, 0.15) is 23.6 Å². The van der Waals surface area contributed by atoms with E-state index in [2.05, 4.69) is 0 Å². The molecule has 4 heteroatoms. The van der Waals surface area contributed by atoms with Crippen molar-refractivity contribution < 1.29 is 14.6 Å². The summed E-state index contributed by atoms with van der Waals surface area (Å²) in [6, 6.07) is 2.80. The van der Waals surface area contributed by atoms with E-state index in [-0.39, 0.29) is 12.2 Å². The molecule has 0 amide bonds. The first-order chi connectivity index (χ1) is 7.95. The zero-order chi connectivity index (χ0) is 13.0. The van der Waals surface area contributed by atoms with Crippen LogP contribution in [0.3, 0.4) is 0 Å². The van der Waals surface area contributed by atoms with Crippen LogP contribution in [0.2, 0.25) is 0 Å². The van der Waals surface area contributed by atoms with Crippen molar-refractivity contribution in [2.24, 2.45) is 5.73 Å². The highest BCUT2D eigenvalue weighted by molar-refractivity contribution is 5.76. The molecular weight excluding hydrogens is 218 g/mol. The van der Waals surface area contributed by atoms with Crippen LogP contribution >= 0.6 is 0 Å². The highest BCUT2D eigenvalue weighted by atomic mass is 16.5. The number of rotatable bonds is 4. The van der Waals surface area contributed by atoms with Gasteiger partial charge >= 0.3 is 5.97 Å². The normalized spacial score (nSPS) is 12.2. The maximum atomic E-state index is 11.4. The predicted octanol–water partition coefficient (Wildman–Crippen LogP) is 1.44. The number of phenols is 1. The first kappa shape index (κ1) is 13.5. The second-order valence-corrected chi connectivity index (χ2v) is 4.13. The Balaban J connectivity index is 2.81. The summed E-state index contributed by atoms with van der Waals surface area (Å²) >= 11 is 0. The molecule has 1 aromatic carbocycles. The summed E-state index contributed by atoms with van der Waals surface area (Å²) < 4.78 is 4.82. The van der Waals surface area contributed by atoms with Crippen molar-refractivity contribution >= 4 is 5.97 Å². The molecule has 4 nitrogen and oxygen atoms in total. The Morgan fingerprint density at radius 1 is 1.41 bits per heavy atom. The maximum absolute atomic E-state index is 11.4. The third-order valence-electron chi connectivity index (χ3n) is 2.72. The van der Waals surface area contributed by atoms with Gasteiger partial charge < -0.3 is 15.6 Å². The Hall–Kier alpha value is -1.55. The molecule has 1 atom stereocenters. The van der Waals surface area contributed by atoms with Gasteiger partial charge in [0.05, 0.1) is 6.61 Å². The van der Waals surface area contributed by atoms with E-state index in [0.717, 1.165) is 11.1 Å². The van der Waals surface area contributed by atoms with Crippen LogP contribution in [-0.4, -0.2) is 23.7 Å². The minimum atomic E-state index is -0.733. The molecule has 0 fully saturated rings. The van der Waals surface area contributed by atoms with Crippen LogP contribution in [0.5, 0.6) is 5.75 Å². The SMILES string of the molecule is CCOC(=O)C(N)Cc1cc(C)c(C)cc1O. The Morgan fingerprint density at radius 3 is 2.59 bits per heavy atom. The molecule has 17 heavy (non-hydrogen) atoms. The molecule has 0 saturated carbocycles. The standard InChI is InChI=1S/C13H19NO3/c1-4-17-13(16)11(14)7-10-5-8(2)9(3)6-12(10)15/h5-6,11,15H,4,7,14H2,1-3H3. The molecule has 1 rings (SSSR count). The van der Waals surface area contributed by atoms with Gasteiger partial charge in [0.2, 0.25) is 0 Å². The van der Waals surface area contributed by atoms with E-state index in [1.807, 2.05) is 19.9 Å². The fourth-order valence-corrected chi connectivity index (χ4v) is 1.59. The average molecular weight is 237 g/mol. The highest BCUT2D eigenvalue weighted by Gasteiger charge is 2.17. The molecule has 94 valence electrons. The van der Waals surface area contributed by atoms with E-state index >= 15 is 0 Å². The van der Waals surface area contributed by atoms with Crippen LogP contribution in [0, 0.1) is 13.8 Å². The molecule has 0 spiro atoms. The van der Waals surface area contributed by atoms with E-state index in [4.69, 9.17) is 10.5 Å². The lowest BCUT2D eigenvalue weighted by molar-refractivity contribution is -0.144. The molecule has 0 radical (unpaired) electrons. The van der Waals surface area contributed by atoms with Crippen molar-refractivity contribution in [2.45, 2.75) is 33.2 Å². The minimum absolute atomic E-state index is 0.174. The molecular formula is C13H19NO3. The average Bonchev–Trinajstić information content (AvgIpc) is 2.26. The van der Waals surface area contributed by atoms with Crippen molar-refractivity contribution in [1.29, 1.82) is 0 Å². The number of benzene rings is 1. The number of aryl methyl sites for hydroxylation is 2. The summed E-state index contributed by atoms with van der Waals surface area (Å²) in [4.78, 5) is 11.4. The van der Waals surface area contributed by atoms with Crippen molar-refractivity contribution in [1.82, 2.24) is 0 Å². The van der Waals surface area contributed by atoms with Crippen LogP contribution in [-0.2, 0) is 16.0 Å². The zero-order valence-electron chi connectivity index (χ0n) is 10.5. The first-order valence-corrected chi connectivity index (χ1v) is 5.67. The number of aromatic hydroxyl groups is 1. The first-order valence-electron chi connectivity index (χ1n) is 5.67. The van der Waals surface area contributed by atoms with Gasteiger partial charge in [-0.25, -0.2) is 0 Å². The van der Waals surface area contributed by atoms with Gasteiger partial charge in [0.1, 0.15) is 11.8 Å². The molecule has 0 aromatic heterocycles. The van der Waals surface area contributed by atoms with E-state index in [0.29, 0.717) is 12.2 Å². The van der Waals surface area contributed by atoms with Crippen LogP contribution in [0.25, 0.3) is 0 Å². The number of hydrogen-bond acceptors (Lipinski definition) is 4. The third kappa shape index (κ3) is 3.46. The Bertz CT molecular complexity index is 415. The van der Waals surface area contributed by atoms with Gasteiger partial charge in [0, 0.05) is 6.42 Å². The van der Waals surface area contributed by atoms with E-state index in [1.165, 1.54) is 0 Å². The topological polar surface area (TPSA) is 72.5 Å². The summed E-state index contributed by atoms with van der Waals surface area (Å²) in [6.45, 7) is 5.92. The number of hydrogen-bond donors (Lipinski definition) is 2. The largest absolute Gasteiger partial charge is 0.508 e. The van der Waals surface area contributed by atoms with E-state index in [1.54, 1.807) is 13.0 Å². The number of carbonyl (C=O) groups excluding carboxylic acids is 1. The summed E-state index contributed by atoms with van der Waals surface area (Å²) in [5, 5.41) is 9.77. The maximum Gasteiger partial charge on any atom is 0.323 e. The molecule has 0 aliphatic heterocycles. The van der Waals surface area contributed by atoms with E-state index < -0.39 is 12.0 Å². The number of nitrogens with two attached hydrogens (primary N) is 1. The lowest BCUT2D eigenvalue weighted by Crippen LogP contribution is -2.34. The molecule has 1 aromatic rings. The number of carbonyl (C=O) groups is 1. The van der Waals surface area contributed by atoms with Gasteiger partial charge in [-0.2, -0.15) is 0 Å². The van der Waals surface area contributed by atoms with Crippen molar-refractivity contribution in [3.8, 4) is 5.75 Å². The third-order valence-corrected chi connectivity index (χ3v) is 2.72. The monoisotopic (exact) mass is 237 g/mol. The van der Waals surface area contributed by atoms with Gasteiger partial charge in [0.15, 0.2) is 0 Å². The van der Waals surface area contributed by atoms with Gasteiger partial charge in [-0.15, -0.1) is 0 Å². The summed E-state index contributed by atoms with van der Waals surface area (Å²) in [6.07, 6.45) is 0.284. The van der Waals surface area contributed by atoms with Crippen molar-refractivity contribution in [2.75, 3.05) is 6.61 Å². The molecule has 0 saturated heterocycles. The van der Waals surface area contributed by atoms with Crippen LogP contribution in [0.15, 0.2) is 12.1 Å². The molecule has 0 aliphatic carbocycles. The highest BCUT2D eigenvalue weighted by Crippen LogP contribution is 2.22. The smallest absolute Gasteiger partial charge is 0.323 e. The van der Waals surface area contributed by atoms with Crippen molar-refractivity contribution in [3.63, 3.8) is 0 Å². The van der Waals surface area contributed by atoms with Gasteiger partial charge in [-0.1, -0.05) is 6.07 Å². The summed E-state index contributed by atoms with van der Waals surface area (Å²) in [5.74, 6) is -0.266. The molecule has 0 bridgehead atoms. The van der Waals surface area contributed by atoms with Gasteiger partial charge in [-0.3, -0.25) is 4.79 Å². The number of phenolic OH excluding ortho intramolecular Hbond substituents is 1. The van der Waals surface area contributed by atoms with Crippen molar-refractivity contribution in [3.05, 3.63) is 28.8 Å². The van der Waals surface area contributed by atoms with E-state index in [9.17, 15) is 9.90 Å². The molecule has 3 N–H and O–H groups in total. The lowest BCUT2D eigenvalue weighted by Gasteiger charge is -2.13. The predicted molar refractivity (Wildman–Crippen MR) is 65.9 cm³/mol. The number of ether oxygens (including phenoxy) is 1. The quantitative estimate of drug-likeness (QED) is 0.777. The van der Waals surface area contributed by atoms with Gasteiger partial charge in [0.25, 0.3) is 0 Å².